The predicted octanol–water partition coefficient (Wildman–Crippen LogP) is 9.04. The van der Waals surface area contributed by atoms with Gasteiger partial charge >= 0.3 is 0 Å². The molecule has 0 bridgehead atoms. The molecule has 0 saturated heterocycles. The first-order chi connectivity index (χ1) is 19.2. The molecule has 5 atom stereocenters. The SMILES string of the molecule is CC/C(=C(/CC)c1ccc(O)cc1)c1ccc(C)cc1.CC12CCC3c4ccc(O)cc4CCC3C1CCC2O. The maximum atomic E-state index is 10.4. The number of aliphatic hydroxyl groups excluding tert-OH is 1. The number of aliphatic hydroxyl groups is 1. The summed E-state index contributed by atoms with van der Waals surface area (Å²) in [5, 5.41) is 29.5. The quantitative estimate of drug-likeness (QED) is 0.290. The Labute approximate surface area is 240 Å². The van der Waals surface area contributed by atoms with Crippen molar-refractivity contribution < 1.29 is 15.3 Å². The minimum atomic E-state index is -0.0883. The zero-order valence-electron chi connectivity index (χ0n) is 24.7. The van der Waals surface area contributed by atoms with Crippen molar-refractivity contribution in [1.82, 2.24) is 0 Å². The van der Waals surface area contributed by atoms with Gasteiger partial charge in [0.2, 0.25) is 0 Å². The first kappa shape index (κ1) is 28.5. The normalized spacial score (nSPS) is 27.4. The predicted molar refractivity (Wildman–Crippen MR) is 165 cm³/mol. The molecule has 3 nitrogen and oxygen atoms in total. The molecule has 3 N–H and O–H groups in total. The minimum absolute atomic E-state index is 0.0883. The zero-order valence-corrected chi connectivity index (χ0v) is 24.7. The first-order valence-corrected chi connectivity index (χ1v) is 15.3. The number of hydrogen-bond acceptors (Lipinski definition) is 3. The van der Waals surface area contributed by atoms with Gasteiger partial charge in [-0.3, -0.25) is 0 Å². The van der Waals surface area contributed by atoms with Crippen LogP contribution in [0.2, 0.25) is 0 Å². The summed E-state index contributed by atoms with van der Waals surface area (Å²) in [5.41, 5.74) is 9.51. The van der Waals surface area contributed by atoms with Gasteiger partial charge in [0.05, 0.1) is 6.10 Å². The van der Waals surface area contributed by atoms with Crippen molar-refractivity contribution >= 4 is 11.1 Å². The van der Waals surface area contributed by atoms with Crippen LogP contribution in [0.25, 0.3) is 11.1 Å². The van der Waals surface area contributed by atoms with Gasteiger partial charge in [0.25, 0.3) is 0 Å². The van der Waals surface area contributed by atoms with Crippen LogP contribution >= 0.6 is 0 Å². The van der Waals surface area contributed by atoms with E-state index in [9.17, 15) is 15.3 Å². The molecule has 0 amide bonds. The van der Waals surface area contributed by atoms with Gasteiger partial charge in [-0.25, -0.2) is 0 Å². The fraction of sp³-hybridized carbons (Fsp3) is 0.459. The van der Waals surface area contributed by atoms with Crippen molar-refractivity contribution in [3.63, 3.8) is 0 Å². The zero-order chi connectivity index (χ0) is 28.4. The van der Waals surface area contributed by atoms with Gasteiger partial charge in [0, 0.05) is 0 Å². The van der Waals surface area contributed by atoms with Crippen LogP contribution in [0.5, 0.6) is 11.5 Å². The van der Waals surface area contributed by atoms with E-state index in [1.54, 1.807) is 12.1 Å². The van der Waals surface area contributed by atoms with E-state index in [0.29, 0.717) is 23.3 Å². The standard InChI is InChI=1S/C19H22O.C18H24O2/c1-4-18(15-8-6-14(3)7-9-15)19(5-2)16-10-12-17(20)13-11-16;1-18-9-8-14-13-5-3-12(19)10-11(13)2-4-15(14)16(18)6-7-17(18)20/h6-13,20H,4-5H2,1-3H3;3,5,10,14-17,19-20H,2,4,6-9H2,1H3/b19-18+;. The van der Waals surface area contributed by atoms with E-state index in [2.05, 4.69) is 58.0 Å². The molecule has 3 aromatic carbocycles. The monoisotopic (exact) mass is 538 g/mol. The van der Waals surface area contributed by atoms with Crippen LogP contribution in [0.4, 0.5) is 0 Å². The Kier molecular flexibility index (Phi) is 8.42. The van der Waals surface area contributed by atoms with Gasteiger partial charge in [-0.15, -0.1) is 0 Å². The lowest BCUT2D eigenvalue weighted by Crippen LogP contribution is -2.43. The van der Waals surface area contributed by atoms with Crippen LogP contribution in [-0.2, 0) is 6.42 Å². The molecule has 0 spiro atoms. The largest absolute Gasteiger partial charge is 0.508 e. The van der Waals surface area contributed by atoms with Crippen molar-refractivity contribution in [2.24, 2.45) is 17.3 Å². The molecular weight excluding hydrogens is 492 g/mol. The first-order valence-electron chi connectivity index (χ1n) is 15.3. The maximum Gasteiger partial charge on any atom is 0.115 e. The fourth-order valence-corrected chi connectivity index (χ4v) is 8.14. The lowest BCUT2D eigenvalue weighted by molar-refractivity contribution is -0.0226. The second-order valence-electron chi connectivity index (χ2n) is 12.5. The molecule has 5 unspecified atom stereocenters. The van der Waals surface area contributed by atoms with Gasteiger partial charge in [-0.2, -0.15) is 0 Å². The Morgan fingerprint density at radius 3 is 2.00 bits per heavy atom. The molecule has 3 heteroatoms. The Balaban J connectivity index is 0.000000161. The third-order valence-corrected chi connectivity index (χ3v) is 10.3. The fourth-order valence-electron chi connectivity index (χ4n) is 8.14. The second-order valence-corrected chi connectivity index (χ2v) is 12.5. The summed E-state index contributed by atoms with van der Waals surface area (Å²) in [4.78, 5) is 0. The molecule has 0 heterocycles. The summed E-state index contributed by atoms with van der Waals surface area (Å²) < 4.78 is 0. The minimum Gasteiger partial charge on any atom is -0.508 e. The molecule has 0 radical (unpaired) electrons. The van der Waals surface area contributed by atoms with Gasteiger partial charge < -0.3 is 15.3 Å². The summed E-state index contributed by atoms with van der Waals surface area (Å²) in [6, 6.07) is 22.2. The molecule has 0 aromatic heterocycles. The van der Waals surface area contributed by atoms with E-state index in [1.807, 2.05) is 24.3 Å². The van der Waals surface area contributed by atoms with Crippen LogP contribution in [0.1, 0.15) is 99.5 Å². The topological polar surface area (TPSA) is 60.7 Å². The van der Waals surface area contributed by atoms with E-state index < -0.39 is 0 Å². The van der Waals surface area contributed by atoms with E-state index in [-0.39, 0.29) is 11.5 Å². The van der Waals surface area contributed by atoms with Crippen LogP contribution < -0.4 is 0 Å². The lowest BCUT2D eigenvalue weighted by Gasteiger charge is -2.50. The third-order valence-electron chi connectivity index (χ3n) is 10.3. The number of aromatic hydroxyl groups is 2. The highest BCUT2D eigenvalue weighted by Crippen LogP contribution is 2.60. The maximum absolute atomic E-state index is 10.4. The number of rotatable bonds is 4. The molecule has 3 aliphatic carbocycles. The lowest BCUT2D eigenvalue weighted by atomic mass is 9.55. The van der Waals surface area contributed by atoms with Crippen molar-refractivity contribution in [2.75, 3.05) is 0 Å². The van der Waals surface area contributed by atoms with Gasteiger partial charge in [-0.05, 0) is 139 Å². The van der Waals surface area contributed by atoms with Gasteiger partial charge in [0.15, 0.2) is 0 Å². The smallest absolute Gasteiger partial charge is 0.115 e. The number of benzene rings is 3. The number of allylic oxidation sites excluding steroid dienone is 2. The van der Waals surface area contributed by atoms with Gasteiger partial charge in [0.1, 0.15) is 11.5 Å². The van der Waals surface area contributed by atoms with Crippen LogP contribution in [0.3, 0.4) is 0 Å². The number of aryl methyl sites for hydroxylation is 2. The van der Waals surface area contributed by atoms with Crippen molar-refractivity contribution in [3.8, 4) is 11.5 Å². The Hall–Kier alpha value is -3.04. The highest BCUT2D eigenvalue weighted by Gasteiger charge is 2.54. The summed E-state index contributed by atoms with van der Waals surface area (Å²) >= 11 is 0. The molecule has 2 fully saturated rings. The van der Waals surface area contributed by atoms with Crippen molar-refractivity contribution in [2.45, 2.75) is 91.1 Å². The summed E-state index contributed by atoms with van der Waals surface area (Å²) in [6.07, 6.45) is 8.78. The van der Waals surface area contributed by atoms with E-state index >= 15 is 0 Å². The average molecular weight is 539 g/mol. The molecule has 212 valence electrons. The highest BCUT2D eigenvalue weighted by molar-refractivity contribution is 5.90. The van der Waals surface area contributed by atoms with Crippen LogP contribution in [0.15, 0.2) is 66.7 Å². The summed E-state index contributed by atoms with van der Waals surface area (Å²) in [6.45, 7) is 8.81. The molecule has 40 heavy (non-hydrogen) atoms. The number of fused-ring (bicyclic) bond motifs is 5. The summed E-state index contributed by atoms with van der Waals surface area (Å²) in [5.74, 6) is 2.81. The Morgan fingerprint density at radius 2 is 1.38 bits per heavy atom. The van der Waals surface area contributed by atoms with Crippen molar-refractivity contribution in [1.29, 1.82) is 0 Å². The molecular formula is C37H46O3. The third kappa shape index (κ3) is 5.46. The number of hydrogen-bond donors (Lipinski definition) is 3. The summed E-state index contributed by atoms with van der Waals surface area (Å²) in [7, 11) is 0. The number of phenolic OH excluding ortho intramolecular Hbond substituents is 2. The van der Waals surface area contributed by atoms with E-state index in [4.69, 9.17) is 0 Å². The number of phenols is 2. The molecule has 3 aliphatic rings. The highest BCUT2D eigenvalue weighted by atomic mass is 16.3. The second kappa shape index (κ2) is 11.8. The van der Waals surface area contributed by atoms with Gasteiger partial charge in [-0.1, -0.05) is 68.8 Å². The average Bonchev–Trinajstić information content (AvgIpc) is 3.27. The Bertz CT molecular complexity index is 1280. The molecule has 2 saturated carbocycles. The van der Waals surface area contributed by atoms with Crippen molar-refractivity contribution in [3.05, 3.63) is 94.5 Å². The van der Waals surface area contributed by atoms with Crippen LogP contribution in [0, 0.1) is 24.2 Å². The molecule has 6 rings (SSSR count). The Morgan fingerprint density at radius 1 is 0.775 bits per heavy atom. The molecule has 3 aromatic rings. The van der Waals surface area contributed by atoms with E-state index in [0.717, 1.165) is 38.0 Å². The van der Waals surface area contributed by atoms with E-state index in [1.165, 1.54) is 58.2 Å². The van der Waals surface area contributed by atoms with Crippen LogP contribution in [-0.4, -0.2) is 21.4 Å². The molecule has 0 aliphatic heterocycles.